The average Bonchev–Trinajstić information content (AvgIpc) is 2.83. The molecule has 7 heteroatoms. The molecule has 2 atom stereocenters. The normalized spacial score (nSPS) is 18.5. The Bertz CT molecular complexity index is 1160. The second-order valence-electron chi connectivity index (χ2n) is 8.26. The summed E-state index contributed by atoms with van der Waals surface area (Å²) in [7, 11) is -3.57. The Morgan fingerprint density at radius 1 is 0.879 bits per heavy atom. The fourth-order valence-corrected chi connectivity index (χ4v) is 4.77. The zero-order valence-corrected chi connectivity index (χ0v) is 19.3. The molecular weight excluding hydrogens is 438 g/mol. The zero-order valence-electron chi connectivity index (χ0n) is 18.5. The number of carbonyl (C=O) groups is 1. The van der Waals surface area contributed by atoms with Gasteiger partial charge in [-0.2, -0.15) is 8.42 Å². The molecular formula is C26H27NO5S. The quantitative estimate of drug-likeness (QED) is 0.483. The number of hydrogen-bond acceptors (Lipinski definition) is 5. The van der Waals surface area contributed by atoms with Crippen molar-refractivity contribution in [2.45, 2.75) is 24.9 Å². The molecule has 0 bridgehead atoms. The summed E-state index contributed by atoms with van der Waals surface area (Å²) in [6.45, 7) is 1.38. The van der Waals surface area contributed by atoms with Crippen molar-refractivity contribution in [2.75, 3.05) is 19.3 Å². The van der Waals surface area contributed by atoms with Gasteiger partial charge in [0.05, 0.1) is 6.26 Å². The van der Waals surface area contributed by atoms with Crippen LogP contribution in [0.25, 0.3) is 0 Å². The number of nitrogens with zero attached hydrogens (tertiary/aromatic N) is 1. The Hall–Kier alpha value is -3.32. The van der Waals surface area contributed by atoms with E-state index in [4.69, 9.17) is 8.92 Å². The molecule has 1 amide bonds. The smallest absolute Gasteiger partial charge is 0.410 e. The molecule has 1 saturated heterocycles. The molecule has 0 spiro atoms. The maximum Gasteiger partial charge on any atom is 0.410 e. The van der Waals surface area contributed by atoms with Gasteiger partial charge in [0.1, 0.15) is 12.4 Å². The second-order valence-corrected chi connectivity index (χ2v) is 9.83. The molecule has 0 N–H and O–H groups in total. The zero-order chi connectivity index (χ0) is 23.3. The lowest BCUT2D eigenvalue weighted by Gasteiger charge is -2.38. The minimum atomic E-state index is -3.57. The van der Waals surface area contributed by atoms with Crippen molar-refractivity contribution < 1.29 is 22.1 Å². The Balaban J connectivity index is 1.50. The third-order valence-corrected chi connectivity index (χ3v) is 6.35. The van der Waals surface area contributed by atoms with Gasteiger partial charge in [-0.05, 0) is 41.2 Å². The Labute approximate surface area is 194 Å². The van der Waals surface area contributed by atoms with Gasteiger partial charge in [-0.3, -0.25) is 0 Å². The molecule has 6 nitrogen and oxygen atoms in total. The highest BCUT2D eigenvalue weighted by Gasteiger charge is 2.34. The summed E-state index contributed by atoms with van der Waals surface area (Å²) < 4.78 is 33.3. The van der Waals surface area contributed by atoms with Crippen LogP contribution in [0, 0.1) is 0 Å². The van der Waals surface area contributed by atoms with E-state index in [9.17, 15) is 13.2 Å². The van der Waals surface area contributed by atoms with Crippen LogP contribution in [-0.4, -0.2) is 38.8 Å². The molecule has 0 aliphatic carbocycles. The molecule has 172 valence electrons. The summed E-state index contributed by atoms with van der Waals surface area (Å²) in [6.07, 6.45) is 1.49. The van der Waals surface area contributed by atoms with E-state index in [0.717, 1.165) is 29.4 Å². The van der Waals surface area contributed by atoms with Crippen LogP contribution in [0.3, 0.4) is 0 Å². The van der Waals surface area contributed by atoms with Crippen LogP contribution < -0.4 is 4.18 Å². The van der Waals surface area contributed by atoms with Gasteiger partial charge in [0.2, 0.25) is 0 Å². The SMILES string of the molecule is CS(=O)(=O)Oc1ccc([C@H]2CCN(C(=O)OCc3ccccc3)C[C@@H]2c2ccccc2)cc1. The van der Waals surface area contributed by atoms with Crippen molar-refractivity contribution in [1.29, 1.82) is 0 Å². The van der Waals surface area contributed by atoms with Crippen LogP contribution in [0.4, 0.5) is 4.79 Å². The average molecular weight is 466 g/mol. The van der Waals surface area contributed by atoms with Gasteiger partial charge in [0, 0.05) is 19.0 Å². The Kier molecular flexibility index (Phi) is 6.99. The first-order valence-corrected chi connectivity index (χ1v) is 12.7. The molecule has 1 aliphatic rings. The molecule has 0 saturated carbocycles. The van der Waals surface area contributed by atoms with Crippen molar-refractivity contribution in [3.63, 3.8) is 0 Å². The lowest BCUT2D eigenvalue weighted by Crippen LogP contribution is -2.42. The van der Waals surface area contributed by atoms with Gasteiger partial charge in [-0.25, -0.2) is 4.79 Å². The van der Waals surface area contributed by atoms with E-state index in [2.05, 4.69) is 12.1 Å². The van der Waals surface area contributed by atoms with Crippen LogP contribution in [-0.2, 0) is 21.5 Å². The summed E-state index contributed by atoms with van der Waals surface area (Å²) in [5.41, 5.74) is 3.19. The van der Waals surface area contributed by atoms with Crippen LogP contribution in [0.2, 0.25) is 0 Å². The van der Waals surface area contributed by atoms with Crippen LogP contribution in [0.5, 0.6) is 5.75 Å². The fraction of sp³-hybridized carbons (Fsp3) is 0.269. The van der Waals surface area contributed by atoms with Gasteiger partial charge in [-0.1, -0.05) is 72.8 Å². The maximum absolute atomic E-state index is 12.8. The van der Waals surface area contributed by atoms with Gasteiger partial charge in [0.15, 0.2) is 0 Å². The summed E-state index contributed by atoms with van der Waals surface area (Å²) >= 11 is 0. The number of likely N-dealkylation sites (tertiary alicyclic amines) is 1. The van der Waals surface area contributed by atoms with Crippen molar-refractivity contribution in [3.8, 4) is 5.75 Å². The van der Waals surface area contributed by atoms with Gasteiger partial charge < -0.3 is 13.8 Å². The monoisotopic (exact) mass is 465 g/mol. The summed E-state index contributed by atoms with van der Waals surface area (Å²) in [4.78, 5) is 14.6. The highest BCUT2D eigenvalue weighted by Crippen LogP contribution is 2.40. The maximum atomic E-state index is 12.8. The van der Waals surface area contributed by atoms with E-state index in [1.54, 1.807) is 17.0 Å². The van der Waals surface area contributed by atoms with Crippen molar-refractivity contribution in [1.82, 2.24) is 4.90 Å². The van der Waals surface area contributed by atoms with Crippen molar-refractivity contribution >= 4 is 16.2 Å². The number of piperidine rings is 1. The largest absolute Gasteiger partial charge is 0.445 e. The van der Waals surface area contributed by atoms with Gasteiger partial charge in [0.25, 0.3) is 0 Å². The predicted octanol–water partition coefficient (Wildman–Crippen LogP) is 4.93. The number of carbonyl (C=O) groups excluding carboxylic acids is 1. The third-order valence-electron chi connectivity index (χ3n) is 5.86. The number of amides is 1. The molecule has 1 fully saturated rings. The Morgan fingerprint density at radius 3 is 2.12 bits per heavy atom. The number of rotatable bonds is 6. The highest BCUT2D eigenvalue weighted by molar-refractivity contribution is 7.86. The van der Waals surface area contributed by atoms with Crippen molar-refractivity contribution in [2.24, 2.45) is 0 Å². The van der Waals surface area contributed by atoms with Crippen molar-refractivity contribution in [3.05, 3.63) is 102 Å². The first-order valence-electron chi connectivity index (χ1n) is 10.9. The minimum Gasteiger partial charge on any atom is -0.445 e. The highest BCUT2D eigenvalue weighted by atomic mass is 32.2. The molecule has 3 aromatic carbocycles. The topological polar surface area (TPSA) is 72.9 Å². The Morgan fingerprint density at radius 2 is 1.48 bits per heavy atom. The fourth-order valence-electron chi connectivity index (χ4n) is 4.31. The first kappa shape index (κ1) is 22.9. The molecule has 0 aromatic heterocycles. The van der Waals surface area contributed by atoms with E-state index in [-0.39, 0.29) is 24.5 Å². The molecule has 1 aliphatic heterocycles. The standard InChI is InChI=1S/C26H27NO5S/c1-33(29,30)32-23-14-12-22(13-15-23)24-16-17-27(18-25(24)21-10-6-3-7-11-21)26(28)31-19-20-8-4-2-5-9-20/h2-15,24-25H,16-19H2,1H3/t24-,25-/m1/s1. The molecule has 3 aromatic rings. The van der Waals surface area contributed by atoms with E-state index in [0.29, 0.717) is 18.8 Å². The molecule has 33 heavy (non-hydrogen) atoms. The third kappa shape index (κ3) is 6.14. The molecule has 4 rings (SSSR count). The van der Waals surface area contributed by atoms with Crippen LogP contribution in [0.15, 0.2) is 84.9 Å². The molecule has 0 unspecified atom stereocenters. The lowest BCUT2D eigenvalue weighted by molar-refractivity contribution is 0.0826. The van der Waals surface area contributed by atoms with E-state index < -0.39 is 10.1 Å². The van der Waals surface area contributed by atoms with Crippen LogP contribution >= 0.6 is 0 Å². The molecule has 0 radical (unpaired) electrons. The predicted molar refractivity (Wildman–Crippen MR) is 127 cm³/mol. The van der Waals surface area contributed by atoms with Gasteiger partial charge in [-0.15, -0.1) is 0 Å². The van der Waals surface area contributed by atoms with E-state index in [1.807, 2.05) is 60.7 Å². The number of hydrogen-bond donors (Lipinski definition) is 0. The second kappa shape index (κ2) is 10.1. The van der Waals surface area contributed by atoms with E-state index >= 15 is 0 Å². The summed E-state index contributed by atoms with van der Waals surface area (Å²) in [5.74, 6) is 0.559. The minimum absolute atomic E-state index is 0.0888. The van der Waals surface area contributed by atoms with E-state index in [1.165, 1.54) is 0 Å². The number of ether oxygens (including phenoxy) is 1. The molecule has 1 heterocycles. The summed E-state index contributed by atoms with van der Waals surface area (Å²) in [5, 5.41) is 0. The summed E-state index contributed by atoms with van der Waals surface area (Å²) in [6, 6.07) is 27.0. The van der Waals surface area contributed by atoms with Crippen LogP contribution in [0.1, 0.15) is 34.9 Å². The van der Waals surface area contributed by atoms with Gasteiger partial charge >= 0.3 is 16.2 Å². The first-order chi connectivity index (χ1) is 15.9. The number of benzene rings is 3. The lowest BCUT2D eigenvalue weighted by atomic mass is 9.77.